The highest BCUT2D eigenvalue weighted by Gasteiger charge is 2.42. The van der Waals surface area contributed by atoms with Gasteiger partial charge in [0.1, 0.15) is 5.54 Å². The van der Waals surface area contributed by atoms with Gasteiger partial charge >= 0.3 is 18.0 Å². The molecule has 0 unspecified atom stereocenters. The molecule has 0 radical (unpaired) electrons. The standard InChI is InChI=1S/C16H16N2O6S/c1-16(14(21)17-15(22)18-16)8-25-11-5-3-2-4-9(11)12(19)24-10-6-7-23-13(10)20/h2-5,10H,6-8H2,1H3,(H2,17,18,21,22)/t10-,16+/m1/s1. The Hall–Kier alpha value is -2.55. The lowest BCUT2D eigenvalue weighted by atomic mass is 10.1. The van der Waals surface area contributed by atoms with Crippen LogP contribution in [0.2, 0.25) is 0 Å². The van der Waals surface area contributed by atoms with E-state index in [1.807, 2.05) is 0 Å². The number of urea groups is 1. The van der Waals surface area contributed by atoms with Gasteiger partial charge in [0.25, 0.3) is 5.91 Å². The highest BCUT2D eigenvalue weighted by atomic mass is 32.2. The number of ether oxygens (including phenoxy) is 2. The minimum absolute atomic E-state index is 0.236. The number of carbonyl (C=O) groups is 4. The number of hydrogen-bond acceptors (Lipinski definition) is 7. The average Bonchev–Trinajstić information content (AvgIpc) is 3.08. The SMILES string of the molecule is C[C@@]1(CSc2ccccc2C(=O)O[C@@H]2CCOC2=O)NC(=O)NC1=O. The van der Waals surface area contributed by atoms with Gasteiger partial charge in [-0.3, -0.25) is 10.1 Å². The van der Waals surface area contributed by atoms with Crippen LogP contribution in [0.3, 0.4) is 0 Å². The van der Waals surface area contributed by atoms with Crippen LogP contribution in [0.15, 0.2) is 29.2 Å². The van der Waals surface area contributed by atoms with E-state index < -0.39 is 35.5 Å². The van der Waals surface area contributed by atoms with Crippen LogP contribution in [0.25, 0.3) is 0 Å². The molecule has 2 N–H and O–H groups in total. The first-order valence-corrected chi connectivity index (χ1v) is 8.61. The number of benzene rings is 1. The quantitative estimate of drug-likeness (QED) is 0.453. The molecule has 2 fully saturated rings. The van der Waals surface area contributed by atoms with Crippen molar-refractivity contribution in [1.29, 1.82) is 0 Å². The fraction of sp³-hybridized carbons (Fsp3) is 0.375. The zero-order chi connectivity index (χ0) is 18.0. The predicted molar refractivity (Wildman–Crippen MR) is 87.0 cm³/mol. The molecular weight excluding hydrogens is 348 g/mol. The van der Waals surface area contributed by atoms with E-state index in [0.29, 0.717) is 16.9 Å². The molecule has 0 aromatic heterocycles. The summed E-state index contributed by atoms with van der Waals surface area (Å²) in [7, 11) is 0. The zero-order valence-electron chi connectivity index (χ0n) is 13.4. The summed E-state index contributed by atoms with van der Waals surface area (Å²) in [6.45, 7) is 1.84. The monoisotopic (exact) mass is 364 g/mol. The second kappa shape index (κ2) is 6.75. The predicted octanol–water partition coefficient (Wildman–Crippen LogP) is 0.849. The maximum Gasteiger partial charge on any atom is 0.347 e. The number of imide groups is 1. The second-order valence-corrected chi connectivity index (χ2v) is 6.89. The van der Waals surface area contributed by atoms with Crippen molar-refractivity contribution in [3.05, 3.63) is 29.8 Å². The van der Waals surface area contributed by atoms with Crippen molar-refractivity contribution < 1.29 is 28.7 Å². The van der Waals surface area contributed by atoms with Crippen molar-refractivity contribution in [2.75, 3.05) is 12.4 Å². The summed E-state index contributed by atoms with van der Waals surface area (Å²) in [5, 5.41) is 4.75. The van der Waals surface area contributed by atoms with Crippen molar-refractivity contribution in [2.45, 2.75) is 29.9 Å². The molecule has 8 nitrogen and oxygen atoms in total. The third-order valence-electron chi connectivity index (χ3n) is 3.88. The Bertz CT molecular complexity index is 752. The second-order valence-electron chi connectivity index (χ2n) is 5.88. The van der Waals surface area contributed by atoms with E-state index in [1.54, 1.807) is 31.2 Å². The lowest BCUT2D eigenvalue weighted by Crippen LogP contribution is -2.46. The number of amides is 3. The molecule has 3 rings (SSSR count). The highest BCUT2D eigenvalue weighted by Crippen LogP contribution is 2.28. The minimum atomic E-state index is -1.06. The van der Waals surface area contributed by atoms with E-state index in [2.05, 4.69) is 10.6 Å². The molecule has 2 heterocycles. The third-order valence-corrected chi connectivity index (χ3v) is 5.27. The molecule has 0 aliphatic carbocycles. The van der Waals surface area contributed by atoms with E-state index in [9.17, 15) is 19.2 Å². The zero-order valence-corrected chi connectivity index (χ0v) is 14.2. The van der Waals surface area contributed by atoms with Crippen LogP contribution in [-0.4, -0.2) is 47.9 Å². The lowest BCUT2D eigenvalue weighted by Gasteiger charge is -2.20. The fourth-order valence-electron chi connectivity index (χ4n) is 2.44. The minimum Gasteiger partial charge on any atom is -0.463 e. The molecule has 0 spiro atoms. The van der Waals surface area contributed by atoms with Gasteiger partial charge in [-0.2, -0.15) is 0 Å². The molecule has 2 aliphatic heterocycles. The Morgan fingerprint density at radius 1 is 1.36 bits per heavy atom. The van der Waals surface area contributed by atoms with Crippen molar-refractivity contribution in [3.63, 3.8) is 0 Å². The van der Waals surface area contributed by atoms with Crippen molar-refractivity contribution in [1.82, 2.24) is 10.6 Å². The molecule has 2 saturated heterocycles. The summed E-state index contributed by atoms with van der Waals surface area (Å²) in [6.07, 6.45) is -0.549. The van der Waals surface area contributed by atoms with Gasteiger partial charge in [-0.1, -0.05) is 12.1 Å². The molecule has 25 heavy (non-hydrogen) atoms. The molecule has 2 atom stereocenters. The molecule has 0 saturated carbocycles. The van der Waals surface area contributed by atoms with E-state index in [1.165, 1.54) is 11.8 Å². The van der Waals surface area contributed by atoms with Crippen LogP contribution in [0.5, 0.6) is 0 Å². The van der Waals surface area contributed by atoms with Crippen LogP contribution >= 0.6 is 11.8 Å². The van der Waals surface area contributed by atoms with E-state index in [-0.39, 0.29) is 12.4 Å². The van der Waals surface area contributed by atoms with Crippen molar-refractivity contribution >= 4 is 35.6 Å². The van der Waals surface area contributed by atoms with Crippen LogP contribution in [-0.2, 0) is 19.1 Å². The first kappa shape index (κ1) is 17.3. The van der Waals surface area contributed by atoms with E-state index in [0.717, 1.165) is 0 Å². The lowest BCUT2D eigenvalue weighted by molar-refractivity contribution is -0.145. The molecule has 3 amide bonds. The van der Waals surface area contributed by atoms with Gasteiger partial charge in [0, 0.05) is 17.1 Å². The largest absolute Gasteiger partial charge is 0.463 e. The van der Waals surface area contributed by atoms with Crippen molar-refractivity contribution in [3.8, 4) is 0 Å². The Kier molecular flexibility index (Phi) is 4.67. The van der Waals surface area contributed by atoms with Gasteiger partial charge in [0.15, 0.2) is 0 Å². The molecule has 1 aromatic carbocycles. The average molecular weight is 364 g/mol. The number of rotatable bonds is 5. The number of cyclic esters (lactones) is 1. The molecule has 0 bridgehead atoms. The first-order valence-electron chi connectivity index (χ1n) is 7.62. The van der Waals surface area contributed by atoms with Crippen LogP contribution in [0, 0.1) is 0 Å². The summed E-state index contributed by atoms with van der Waals surface area (Å²) < 4.78 is 9.99. The first-order chi connectivity index (χ1) is 11.9. The number of carbonyl (C=O) groups excluding carboxylic acids is 4. The summed E-state index contributed by atoms with van der Waals surface area (Å²) in [5.41, 5.74) is -0.769. The molecule has 1 aromatic rings. The van der Waals surface area contributed by atoms with Crippen LogP contribution in [0.1, 0.15) is 23.7 Å². The van der Waals surface area contributed by atoms with Gasteiger partial charge < -0.3 is 14.8 Å². The number of esters is 2. The summed E-state index contributed by atoms with van der Waals surface area (Å²) in [4.78, 5) is 47.6. The summed E-state index contributed by atoms with van der Waals surface area (Å²) in [5.74, 6) is -1.35. The third kappa shape index (κ3) is 3.60. The Balaban J connectivity index is 1.70. The van der Waals surface area contributed by atoms with Crippen molar-refractivity contribution in [2.24, 2.45) is 0 Å². The van der Waals surface area contributed by atoms with Gasteiger partial charge in [0.05, 0.1) is 12.2 Å². The summed E-state index contributed by atoms with van der Waals surface area (Å²) in [6, 6.07) is 6.19. The molecule has 9 heteroatoms. The van der Waals surface area contributed by atoms with E-state index in [4.69, 9.17) is 9.47 Å². The Labute approximate surface area is 147 Å². The van der Waals surface area contributed by atoms with Gasteiger partial charge in [0.2, 0.25) is 6.10 Å². The molecular formula is C16H16N2O6S. The summed E-state index contributed by atoms with van der Waals surface area (Å²) >= 11 is 1.24. The number of thioether (sulfide) groups is 1. The Morgan fingerprint density at radius 2 is 2.12 bits per heavy atom. The topological polar surface area (TPSA) is 111 Å². The van der Waals surface area contributed by atoms with Gasteiger partial charge in [-0.05, 0) is 19.1 Å². The maximum absolute atomic E-state index is 12.4. The number of hydrogen-bond donors (Lipinski definition) is 2. The molecule has 132 valence electrons. The Morgan fingerprint density at radius 3 is 2.76 bits per heavy atom. The normalized spacial score (nSPS) is 25.3. The maximum atomic E-state index is 12.4. The molecule has 2 aliphatic rings. The smallest absolute Gasteiger partial charge is 0.347 e. The van der Waals surface area contributed by atoms with Crippen LogP contribution in [0.4, 0.5) is 4.79 Å². The highest BCUT2D eigenvalue weighted by molar-refractivity contribution is 7.99. The van der Waals surface area contributed by atoms with Gasteiger partial charge in [-0.15, -0.1) is 11.8 Å². The van der Waals surface area contributed by atoms with E-state index >= 15 is 0 Å². The number of nitrogens with one attached hydrogen (secondary N) is 2. The fourth-order valence-corrected chi connectivity index (χ4v) is 3.57. The van der Waals surface area contributed by atoms with Crippen LogP contribution < -0.4 is 10.6 Å². The van der Waals surface area contributed by atoms with Gasteiger partial charge in [-0.25, -0.2) is 14.4 Å².